The lowest BCUT2D eigenvalue weighted by Gasteiger charge is -2.20. The van der Waals surface area contributed by atoms with Gasteiger partial charge in [-0.25, -0.2) is 9.79 Å². The van der Waals surface area contributed by atoms with Crippen LogP contribution in [0, 0.1) is 0 Å². The van der Waals surface area contributed by atoms with Crippen molar-refractivity contribution >= 4 is 23.0 Å². The molecule has 1 atom stereocenters. The molecule has 0 aliphatic rings. The van der Waals surface area contributed by atoms with Gasteiger partial charge in [0.1, 0.15) is 6.04 Å². The SMILES string of the molecule is COC(=O)[C@H](Cc1ccccc1)n1c(-c2ccc(-c3ccccc3)cc2)csc1=Nc1ccccc1. The van der Waals surface area contributed by atoms with Crippen molar-refractivity contribution in [3.63, 3.8) is 0 Å². The molecule has 1 heterocycles. The fourth-order valence-corrected chi connectivity index (χ4v) is 5.21. The zero-order valence-corrected chi connectivity index (χ0v) is 20.8. The lowest BCUT2D eigenvalue weighted by Crippen LogP contribution is -2.30. The van der Waals surface area contributed by atoms with E-state index in [9.17, 15) is 4.79 Å². The van der Waals surface area contributed by atoms with Gasteiger partial charge in [-0.05, 0) is 34.4 Å². The fourth-order valence-electron chi connectivity index (χ4n) is 4.24. The predicted molar refractivity (Wildman–Crippen MR) is 146 cm³/mol. The highest BCUT2D eigenvalue weighted by Gasteiger charge is 2.26. The molecule has 5 aromatic rings. The van der Waals surface area contributed by atoms with Crippen molar-refractivity contribution < 1.29 is 9.53 Å². The van der Waals surface area contributed by atoms with Crippen LogP contribution in [0.4, 0.5) is 5.69 Å². The standard InChI is InChI=1S/C31H26N2O2S/c1-35-30(34)28(21-23-11-5-2-6-12-23)33-29(22-36-31(33)32-27-15-9-4-10-16-27)26-19-17-25(18-20-26)24-13-7-3-8-14-24/h2-20,22,28H,21H2,1H3/t28-/m0/s1. The van der Waals surface area contributed by atoms with E-state index < -0.39 is 6.04 Å². The fraction of sp³-hybridized carbons (Fsp3) is 0.0968. The van der Waals surface area contributed by atoms with Crippen LogP contribution in [0.3, 0.4) is 0 Å². The lowest BCUT2D eigenvalue weighted by atomic mass is 10.0. The molecule has 0 radical (unpaired) electrons. The normalized spacial score (nSPS) is 12.3. The maximum absolute atomic E-state index is 13.2. The largest absolute Gasteiger partial charge is 0.467 e. The van der Waals surface area contributed by atoms with Crippen LogP contribution in [0.5, 0.6) is 0 Å². The third kappa shape index (κ3) is 5.21. The zero-order valence-electron chi connectivity index (χ0n) is 20.0. The van der Waals surface area contributed by atoms with Gasteiger partial charge in [0.15, 0.2) is 4.80 Å². The third-order valence-corrected chi connectivity index (χ3v) is 6.91. The van der Waals surface area contributed by atoms with Crippen molar-refractivity contribution in [2.45, 2.75) is 12.5 Å². The number of aromatic nitrogens is 1. The van der Waals surface area contributed by atoms with Crippen molar-refractivity contribution in [3.05, 3.63) is 131 Å². The molecule has 178 valence electrons. The van der Waals surface area contributed by atoms with Gasteiger partial charge >= 0.3 is 5.97 Å². The molecule has 5 rings (SSSR count). The van der Waals surface area contributed by atoms with Gasteiger partial charge < -0.3 is 9.30 Å². The number of methoxy groups -OCH3 is 1. The van der Waals surface area contributed by atoms with Crippen molar-refractivity contribution in [1.29, 1.82) is 0 Å². The van der Waals surface area contributed by atoms with E-state index in [0.29, 0.717) is 6.42 Å². The molecular formula is C31H26N2O2S. The Hall–Kier alpha value is -4.22. The number of benzene rings is 4. The summed E-state index contributed by atoms with van der Waals surface area (Å²) in [6, 6.07) is 38.0. The average Bonchev–Trinajstić information content (AvgIpc) is 3.36. The van der Waals surface area contributed by atoms with Crippen LogP contribution in [0.15, 0.2) is 126 Å². The summed E-state index contributed by atoms with van der Waals surface area (Å²) < 4.78 is 7.31. The molecule has 0 aliphatic heterocycles. The summed E-state index contributed by atoms with van der Waals surface area (Å²) in [7, 11) is 1.44. The van der Waals surface area contributed by atoms with Gasteiger partial charge in [-0.2, -0.15) is 0 Å². The molecule has 0 bridgehead atoms. The van der Waals surface area contributed by atoms with Crippen LogP contribution in [-0.2, 0) is 16.0 Å². The Morgan fingerprint density at radius 1 is 0.778 bits per heavy atom. The van der Waals surface area contributed by atoms with Crippen LogP contribution >= 0.6 is 11.3 Å². The number of nitrogens with zero attached hydrogens (tertiary/aromatic N) is 2. The molecule has 0 fully saturated rings. The van der Waals surface area contributed by atoms with Crippen molar-refractivity contribution in [1.82, 2.24) is 4.57 Å². The molecule has 1 aromatic heterocycles. The Kier molecular flexibility index (Phi) is 7.20. The van der Waals surface area contributed by atoms with Gasteiger partial charge in [-0.15, -0.1) is 11.3 Å². The van der Waals surface area contributed by atoms with E-state index >= 15 is 0 Å². The highest BCUT2D eigenvalue weighted by molar-refractivity contribution is 7.07. The van der Waals surface area contributed by atoms with Crippen LogP contribution in [0.25, 0.3) is 22.4 Å². The minimum absolute atomic E-state index is 0.297. The summed E-state index contributed by atoms with van der Waals surface area (Å²) in [5.74, 6) is -0.297. The maximum atomic E-state index is 13.2. The topological polar surface area (TPSA) is 43.6 Å². The van der Waals surface area contributed by atoms with Crippen LogP contribution in [-0.4, -0.2) is 17.6 Å². The molecule has 4 nitrogen and oxygen atoms in total. The minimum Gasteiger partial charge on any atom is -0.467 e. The summed E-state index contributed by atoms with van der Waals surface area (Å²) in [5.41, 5.74) is 6.15. The van der Waals surface area contributed by atoms with Gasteiger partial charge in [-0.3, -0.25) is 0 Å². The van der Waals surface area contributed by atoms with E-state index in [-0.39, 0.29) is 5.97 Å². The average molecular weight is 491 g/mol. The summed E-state index contributed by atoms with van der Waals surface area (Å²) >= 11 is 1.52. The first-order valence-electron chi connectivity index (χ1n) is 11.8. The first-order valence-corrected chi connectivity index (χ1v) is 12.7. The summed E-state index contributed by atoms with van der Waals surface area (Å²) in [5, 5.41) is 2.07. The number of para-hydroxylation sites is 1. The Labute approximate surface area is 214 Å². The van der Waals surface area contributed by atoms with Crippen LogP contribution in [0.2, 0.25) is 0 Å². The van der Waals surface area contributed by atoms with Crippen molar-refractivity contribution in [2.75, 3.05) is 7.11 Å². The number of carbonyl (C=O) groups excluding carboxylic acids is 1. The molecule has 0 aliphatic carbocycles. The Morgan fingerprint density at radius 3 is 1.97 bits per heavy atom. The Balaban J connectivity index is 1.64. The van der Waals surface area contributed by atoms with E-state index in [1.165, 1.54) is 24.0 Å². The third-order valence-electron chi connectivity index (χ3n) is 6.07. The maximum Gasteiger partial charge on any atom is 0.329 e. The number of thiazole rings is 1. The molecule has 4 aromatic carbocycles. The number of hydrogen-bond donors (Lipinski definition) is 0. The second-order valence-corrected chi connectivity index (χ2v) is 9.23. The molecule has 0 saturated carbocycles. The van der Waals surface area contributed by atoms with Gasteiger partial charge in [0, 0.05) is 11.8 Å². The minimum atomic E-state index is -0.560. The number of hydrogen-bond acceptors (Lipinski definition) is 4. The quantitative estimate of drug-likeness (QED) is 0.229. The second kappa shape index (κ2) is 11.0. The monoisotopic (exact) mass is 490 g/mol. The first-order chi connectivity index (χ1) is 17.7. The lowest BCUT2D eigenvalue weighted by molar-refractivity contribution is -0.144. The van der Waals surface area contributed by atoms with Crippen molar-refractivity contribution in [3.8, 4) is 22.4 Å². The molecule has 0 unspecified atom stereocenters. The van der Waals surface area contributed by atoms with Gasteiger partial charge in [0.25, 0.3) is 0 Å². The Morgan fingerprint density at radius 2 is 1.33 bits per heavy atom. The molecule has 36 heavy (non-hydrogen) atoms. The second-order valence-electron chi connectivity index (χ2n) is 8.39. The number of carbonyl (C=O) groups is 1. The first kappa shape index (κ1) is 23.5. The molecular weight excluding hydrogens is 464 g/mol. The van der Waals surface area contributed by atoms with Gasteiger partial charge in [0.2, 0.25) is 0 Å². The summed E-state index contributed by atoms with van der Waals surface area (Å²) in [6.07, 6.45) is 0.501. The van der Waals surface area contributed by atoms with E-state index in [0.717, 1.165) is 32.9 Å². The highest BCUT2D eigenvalue weighted by atomic mass is 32.1. The van der Waals surface area contributed by atoms with E-state index in [1.54, 1.807) is 0 Å². The van der Waals surface area contributed by atoms with E-state index in [1.807, 2.05) is 83.4 Å². The van der Waals surface area contributed by atoms with E-state index in [4.69, 9.17) is 9.73 Å². The number of rotatable bonds is 7. The molecule has 0 N–H and O–H groups in total. The Bertz CT molecular complexity index is 1490. The summed E-state index contributed by atoms with van der Waals surface area (Å²) in [6.45, 7) is 0. The number of esters is 1. The molecule has 5 heteroatoms. The van der Waals surface area contributed by atoms with Gasteiger partial charge in [-0.1, -0.05) is 103 Å². The summed E-state index contributed by atoms with van der Waals surface area (Å²) in [4.78, 5) is 18.8. The van der Waals surface area contributed by atoms with Gasteiger partial charge in [0.05, 0.1) is 18.5 Å². The zero-order chi connectivity index (χ0) is 24.7. The van der Waals surface area contributed by atoms with Crippen LogP contribution < -0.4 is 4.80 Å². The van der Waals surface area contributed by atoms with Crippen molar-refractivity contribution in [2.24, 2.45) is 4.99 Å². The highest BCUT2D eigenvalue weighted by Crippen LogP contribution is 2.29. The number of ether oxygens (including phenoxy) is 1. The smallest absolute Gasteiger partial charge is 0.329 e. The molecule has 0 spiro atoms. The molecule has 0 saturated heterocycles. The predicted octanol–water partition coefficient (Wildman–Crippen LogP) is 7.07. The van der Waals surface area contributed by atoms with E-state index in [2.05, 4.69) is 41.8 Å². The molecule has 0 amide bonds. The van der Waals surface area contributed by atoms with Crippen LogP contribution in [0.1, 0.15) is 11.6 Å².